The SMILES string of the molecule is C=C[Si](C=C)(CC(F)C(F)F)OC(C)C. The average molecular weight is 238 g/mol. The van der Waals surface area contributed by atoms with Crippen molar-refractivity contribution in [3.8, 4) is 0 Å². The van der Waals surface area contributed by atoms with Crippen molar-refractivity contribution in [2.24, 2.45) is 0 Å². The topological polar surface area (TPSA) is 9.23 Å². The first-order valence-electron chi connectivity index (χ1n) is 4.74. The minimum atomic E-state index is -2.98. The molecule has 0 saturated heterocycles. The lowest BCUT2D eigenvalue weighted by Gasteiger charge is -2.28. The lowest BCUT2D eigenvalue weighted by Crippen LogP contribution is -2.40. The zero-order chi connectivity index (χ0) is 12.1. The van der Waals surface area contributed by atoms with Gasteiger partial charge in [-0.15, -0.1) is 13.2 Å². The summed E-state index contributed by atoms with van der Waals surface area (Å²) in [6, 6.07) is -0.324. The average Bonchev–Trinajstić information content (AvgIpc) is 2.15. The Hall–Kier alpha value is -0.553. The van der Waals surface area contributed by atoms with E-state index in [9.17, 15) is 13.2 Å². The van der Waals surface area contributed by atoms with Gasteiger partial charge in [-0.25, -0.2) is 13.2 Å². The lowest BCUT2D eigenvalue weighted by molar-refractivity contribution is 0.0567. The van der Waals surface area contributed by atoms with Gasteiger partial charge >= 0.3 is 0 Å². The molecule has 0 aliphatic carbocycles. The van der Waals surface area contributed by atoms with E-state index in [-0.39, 0.29) is 12.1 Å². The highest BCUT2D eigenvalue weighted by atomic mass is 28.4. The Labute approximate surface area is 89.8 Å². The van der Waals surface area contributed by atoms with Crippen LogP contribution in [0.3, 0.4) is 0 Å². The van der Waals surface area contributed by atoms with Crippen molar-refractivity contribution in [1.29, 1.82) is 0 Å². The molecule has 15 heavy (non-hydrogen) atoms. The van der Waals surface area contributed by atoms with Crippen LogP contribution >= 0.6 is 0 Å². The van der Waals surface area contributed by atoms with Gasteiger partial charge in [0.15, 0.2) is 6.17 Å². The second-order valence-electron chi connectivity index (χ2n) is 3.58. The number of rotatable bonds is 7. The Morgan fingerprint density at radius 3 is 1.93 bits per heavy atom. The van der Waals surface area contributed by atoms with Gasteiger partial charge in [0.05, 0.1) is 0 Å². The number of alkyl halides is 3. The van der Waals surface area contributed by atoms with Crippen LogP contribution in [0.25, 0.3) is 0 Å². The van der Waals surface area contributed by atoms with Gasteiger partial charge in [0.1, 0.15) is 0 Å². The van der Waals surface area contributed by atoms with Crippen molar-refractivity contribution in [1.82, 2.24) is 0 Å². The van der Waals surface area contributed by atoms with Crippen molar-refractivity contribution in [2.45, 2.75) is 38.6 Å². The van der Waals surface area contributed by atoms with Crippen LogP contribution in [0.5, 0.6) is 0 Å². The first-order chi connectivity index (χ1) is 6.87. The fourth-order valence-electron chi connectivity index (χ4n) is 1.23. The van der Waals surface area contributed by atoms with E-state index in [4.69, 9.17) is 4.43 Å². The molecule has 0 aliphatic heterocycles. The molecule has 0 spiro atoms. The molecule has 0 saturated carbocycles. The van der Waals surface area contributed by atoms with Gasteiger partial charge in [-0.05, 0) is 13.8 Å². The molecule has 5 heteroatoms. The smallest absolute Gasteiger partial charge is 0.269 e. The van der Waals surface area contributed by atoms with Gasteiger partial charge in [0.25, 0.3) is 6.43 Å². The molecule has 1 nitrogen and oxygen atoms in total. The minimum Gasteiger partial charge on any atom is -0.407 e. The molecule has 0 aliphatic rings. The molecule has 0 aromatic carbocycles. The number of hydrogen-bond acceptors (Lipinski definition) is 1. The van der Waals surface area contributed by atoms with Gasteiger partial charge in [0, 0.05) is 12.1 Å². The summed E-state index contributed by atoms with van der Waals surface area (Å²) in [5, 5.41) is 0. The van der Waals surface area contributed by atoms with E-state index in [0.29, 0.717) is 0 Å². The van der Waals surface area contributed by atoms with Crippen LogP contribution < -0.4 is 0 Å². The second kappa shape index (κ2) is 6.12. The van der Waals surface area contributed by atoms with Crippen LogP contribution in [0.2, 0.25) is 6.04 Å². The third-order valence-electron chi connectivity index (χ3n) is 1.93. The highest BCUT2D eigenvalue weighted by Gasteiger charge is 2.36. The maximum Gasteiger partial charge on any atom is 0.269 e. The number of hydrogen-bond donors (Lipinski definition) is 0. The van der Waals surface area contributed by atoms with E-state index in [1.807, 2.05) is 0 Å². The van der Waals surface area contributed by atoms with Crippen molar-refractivity contribution >= 4 is 8.32 Å². The van der Waals surface area contributed by atoms with Gasteiger partial charge in [0.2, 0.25) is 8.32 Å². The summed E-state index contributed by atoms with van der Waals surface area (Å²) in [5.74, 6) is 0. The molecule has 0 N–H and O–H groups in total. The summed E-state index contributed by atoms with van der Waals surface area (Å²) in [6.07, 6.45) is -5.31. The molecule has 1 atom stereocenters. The highest BCUT2D eigenvalue weighted by Crippen LogP contribution is 2.23. The van der Waals surface area contributed by atoms with E-state index >= 15 is 0 Å². The summed E-state index contributed by atoms with van der Waals surface area (Å²) >= 11 is 0. The van der Waals surface area contributed by atoms with E-state index in [0.717, 1.165) is 0 Å². The molecule has 0 radical (unpaired) electrons. The third kappa shape index (κ3) is 4.66. The Balaban J connectivity index is 4.63. The first-order valence-corrected chi connectivity index (χ1v) is 7.01. The van der Waals surface area contributed by atoms with Crippen LogP contribution in [0.15, 0.2) is 24.6 Å². The Kier molecular flexibility index (Phi) is 5.90. The third-order valence-corrected chi connectivity index (χ3v) is 5.25. The first kappa shape index (κ1) is 14.4. The van der Waals surface area contributed by atoms with Crippen molar-refractivity contribution < 1.29 is 17.6 Å². The summed E-state index contributed by atoms with van der Waals surface area (Å²) in [6.45, 7) is 10.6. The van der Waals surface area contributed by atoms with Crippen LogP contribution in [0.1, 0.15) is 13.8 Å². The van der Waals surface area contributed by atoms with E-state index < -0.39 is 20.9 Å². The van der Waals surface area contributed by atoms with E-state index in [1.165, 1.54) is 11.4 Å². The predicted octanol–water partition coefficient (Wildman–Crippen LogP) is 3.41. The van der Waals surface area contributed by atoms with E-state index in [1.54, 1.807) is 13.8 Å². The summed E-state index contributed by atoms with van der Waals surface area (Å²) in [7, 11) is -2.76. The molecule has 0 amide bonds. The van der Waals surface area contributed by atoms with Crippen LogP contribution in [-0.4, -0.2) is 27.0 Å². The zero-order valence-corrected chi connectivity index (χ0v) is 10.1. The van der Waals surface area contributed by atoms with Crippen LogP contribution in [0, 0.1) is 0 Å². The predicted molar refractivity (Wildman–Crippen MR) is 58.1 cm³/mol. The van der Waals surface area contributed by atoms with Gasteiger partial charge in [-0.2, -0.15) is 0 Å². The Morgan fingerprint density at radius 2 is 1.67 bits per heavy atom. The standard InChI is InChI=1S/C10H17F3OSi/c1-5-15(6-2,14-8(3)4)7-9(11)10(12)13/h5-6,8-10H,1-2,7H2,3-4H3. The molecule has 1 unspecified atom stereocenters. The lowest BCUT2D eigenvalue weighted by atomic mass is 10.5. The van der Waals surface area contributed by atoms with Gasteiger partial charge in [-0.3, -0.25) is 0 Å². The summed E-state index contributed by atoms with van der Waals surface area (Å²) in [4.78, 5) is 0. The molecule has 0 aromatic heterocycles. The maximum atomic E-state index is 13.0. The molecular formula is C10H17F3OSi. The molecular weight excluding hydrogens is 221 g/mol. The highest BCUT2D eigenvalue weighted by molar-refractivity contribution is 6.83. The van der Waals surface area contributed by atoms with Crippen molar-refractivity contribution in [3.05, 3.63) is 24.6 Å². The van der Waals surface area contributed by atoms with Crippen molar-refractivity contribution in [2.75, 3.05) is 0 Å². The Bertz CT molecular complexity index is 211. The van der Waals surface area contributed by atoms with Gasteiger partial charge < -0.3 is 4.43 Å². The minimum absolute atomic E-state index is 0.155. The van der Waals surface area contributed by atoms with Crippen molar-refractivity contribution in [3.63, 3.8) is 0 Å². The molecule has 0 aromatic rings. The fraction of sp³-hybridized carbons (Fsp3) is 0.600. The van der Waals surface area contributed by atoms with Crippen LogP contribution in [-0.2, 0) is 4.43 Å². The quantitative estimate of drug-likeness (QED) is 0.618. The Morgan fingerprint density at radius 1 is 1.20 bits per heavy atom. The molecule has 0 fully saturated rings. The fourth-order valence-corrected chi connectivity index (χ4v) is 3.68. The molecule has 0 rings (SSSR count). The largest absolute Gasteiger partial charge is 0.407 e. The molecule has 0 bridgehead atoms. The summed E-state index contributed by atoms with van der Waals surface area (Å²) < 4.78 is 42.6. The van der Waals surface area contributed by atoms with Crippen LogP contribution in [0.4, 0.5) is 13.2 Å². The zero-order valence-electron chi connectivity index (χ0n) is 9.05. The summed E-state index contributed by atoms with van der Waals surface area (Å²) in [5.41, 5.74) is 2.88. The molecule has 0 heterocycles. The number of halogens is 3. The molecule has 88 valence electrons. The normalized spacial score (nSPS) is 14.3. The maximum absolute atomic E-state index is 13.0. The van der Waals surface area contributed by atoms with E-state index in [2.05, 4.69) is 13.2 Å². The monoisotopic (exact) mass is 238 g/mol. The van der Waals surface area contributed by atoms with Gasteiger partial charge in [-0.1, -0.05) is 11.4 Å². The second-order valence-corrected chi connectivity index (χ2v) is 6.95.